The van der Waals surface area contributed by atoms with Crippen LogP contribution in [0.3, 0.4) is 0 Å². The van der Waals surface area contributed by atoms with Crippen LogP contribution >= 0.6 is 11.8 Å². The molecule has 0 bridgehead atoms. The minimum Gasteiger partial charge on any atom is -0.356 e. The summed E-state index contributed by atoms with van der Waals surface area (Å²) in [5, 5.41) is 8.39. The standard InChI is InChI=1S/C25H26N4O2S/c30-24(15-17-27-25(31)28-19-9-2-1-3-10-19)26-16-8-18-29-20-11-4-6-13-22(20)32-23-14-7-5-12-21(23)29/h1-7,9-14H,8,15-18H2,(H,26,30)(H2,27,28,31). The van der Waals surface area contributed by atoms with Gasteiger partial charge in [0, 0.05) is 41.5 Å². The first-order valence-corrected chi connectivity index (χ1v) is 11.5. The molecule has 0 saturated heterocycles. The van der Waals surface area contributed by atoms with Gasteiger partial charge in [0.1, 0.15) is 0 Å². The molecule has 3 aromatic carbocycles. The summed E-state index contributed by atoms with van der Waals surface area (Å²) >= 11 is 1.79. The molecular weight excluding hydrogens is 420 g/mol. The van der Waals surface area contributed by atoms with Crippen molar-refractivity contribution in [2.75, 3.05) is 29.9 Å². The molecule has 3 N–H and O–H groups in total. The average molecular weight is 447 g/mol. The first-order valence-electron chi connectivity index (χ1n) is 10.7. The summed E-state index contributed by atoms with van der Waals surface area (Å²) in [5.41, 5.74) is 3.13. The summed E-state index contributed by atoms with van der Waals surface area (Å²) in [5.74, 6) is -0.0694. The molecule has 1 aliphatic rings. The highest BCUT2D eigenvalue weighted by Gasteiger charge is 2.22. The molecule has 3 amide bonds. The molecule has 4 rings (SSSR count). The van der Waals surface area contributed by atoms with Crippen LogP contribution in [0.5, 0.6) is 0 Å². The van der Waals surface area contributed by atoms with Crippen LogP contribution in [0.15, 0.2) is 88.7 Å². The Bertz CT molecular complexity index is 1030. The van der Waals surface area contributed by atoms with Gasteiger partial charge in [0.25, 0.3) is 0 Å². The van der Waals surface area contributed by atoms with E-state index >= 15 is 0 Å². The average Bonchev–Trinajstić information content (AvgIpc) is 2.81. The summed E-state index contributed by atoms with van der Waals surface area (Å²) in [4.78, 5) is 28.8. The Morgan fingerprint density at radius 3 is 2.06 bits per heavy atom. The Kier molecular flexibility index (Phi) is 7.30. The summed E-state index contributed by atoms with van der Waals surface area (Å²) in [6.45, 7) is 1.68. The molecule has 0 aliphatic carbocycles. The van der Waals surface area contributed by atoms with Crippen LogP contribution in [0, 0.1) is 0 Å². The Balaban J connectivity index is 1.19. The molecule has 1 heterocycles. The van der Waals surface area contributed by atoms with Crippen LogP contribution in [0.4, 0.5) is 21.9 Å². The lowest BCUT2D eigenvalue weighted by Gasteiger charge is -2.32. The van der Waals surface area contributed by atoms with Gasteiger partial charge in [-0.2, -0.15) is 0 Å². The first-order chi connectivity index (χ1) is 15.7. The van der Waals surface area contributed by atoms with E-state index in [4.69, 9.17) is 0 Å². The summed E-state index contributed by atoms with van der Waals surface area (Å²) < 4.78 is 0. The number of nitrogens with zero attached hydrogens (tertiary/aromatic N) is 1. The van der Waals surface area contributed by atoms with E-state index in [9.17, 15) is 9.59 Å². The number of urea groups is 1. The maximum atomic E-state index is 12.1. The second-order valence-corrected chi connectivity index (χ2v) is 8.47. The summed E-state index contributed by atoms with van der Waals surface area (Å²) in [7, 11) is 0. The topological polar surface area (TPSA) is 73.5 Å². The van der Waals surface area contributed by atoms with Crippen molar-refractivity contribution in [3.8, 4) is 0 Å². The Hall–Kier alpha value is -3.45. The highest BCUT2D eigenvalue weighted by atomic mass is 32.2. The number of amides is 3. The van der Waals surface area contributed by atoms with Gasteiger partial charge in [0.15, 0.2) is 0 Å². The highest BCUT2D eigenvalue weighted by Crippen LogP contribution is 2.47. The van der Waals surface area contributed by atoms with Gasteiger partial charge in [-0.25, -0.2) is 4.79 Å². The monoisotopic (exact) mass is 446 g/mol. The SMILES string of the molecule is O=C(CCNC(=O)Nc1ccccc1)NCCCN1c2ccccc2Sc2ccccc21. The van der Waals surface area contributed by atoms with Crippen LogP contribution in [0.1, 0.15) is 12.8 Å². The van der Waals surface area contributed by atoms with E-state index in [1.165, 1.54) is 21.2 Å². The van der Waals surface area contributed by atoms with Crippen LogP contribution < -0.4 is 20.9 Å². The predicted molar refractivity (Wildman–Crippen MR) is 130 cm³/mol. The maximum Gasteiger partial charge on any atom is 0.319 e. The van der Waals surface area contributed by atoms with Gasteiger partial charge in [0.2, 0.25) is 5.91 Å². The van der Waals surface area contributed by atoms with Crippen molar-refractivity contribution in [2.45, 2.75) is 22.6 Å². The highest BCUT2D eigenvalue weighted by molar-refractivity contribution is 7.99. The zero-order valence-corrected chi connectivity index (χ0v) is 18.5. The van der Waals surface area contributed by atoms with E-state index in [1.807, 2.05) is 30.3 Å². The van der Waals surface area contributed by atoms with Crippen LogP contribution in [-0.2, 0) is 4.79 Å². The molecule has 3 aromatic rings. The van der Waals surface area contributed by atoms with Gasteiger partial charge in [-0.1, -0.05) is 54.2 Å². The molecule has 0 fully saturated rings. The van der Waals surface area contributed by atoms with Crippen molar-refractivity contribution >= 4 is 40.8 Å². The van der Waals surface area contributed by atoms with Crippen LogP contribution in [0.2, 0.25) is 0 Å². The Morgan fingerprint density at radius 1 is 0.750 bits per heavy atom. The lowest BCUT2D eigenvalue weighted by Crippen LogP contribution is -2.34. The normalized spacial score (nSPS) is 11.8. The fourth-order valence-corrected chi connectivity index (χ4v) is 4.66. The number of anilines is 3. The van der Waals surface area contributed by atoms with E-state index in [0.29, 0.717) is 12.2 Å². The number of para-hydroxylation sites is 3. The third-order valence-electron chi connectivity index (χ3n) is 5.08. The quantitative estimate of drug-likeness (QED) is 0.426. The number of nitrogens with one attached hydrogen (secondary N) is 3. The number of hydrogen-bond acceptors (Lipinski definition) is 4. The van der Waals surface area contributed by atoms with E-state index in [2.05, 4.69) is 69.4 Å². The molecule has 0 saturated carbocycles. The molecule has 164 valence electrons. The zero-order valence-electron chi connectivity index (χ0n) is 17.7. The first kappa shape index (κ1) is 21.8. The maximum absolute atomic E-state index is 12.1. The number of carbonyl (C=O) groups excluding carboxylic acids is 2. The van der Waals surface area contributed by atoms with Crippen molar-refractivity contribution in [2.24, 2.45) is 0 Å². The molecule has 0 aromatic heterocycles. The van der Waals surface area contributed by atoms with Gasteiger partial charge in [-0.3, -0.25) is 4.79 Å². The van der Waals surface area contributed by atoms with Crippen LogP contribution in [0.25, 0.3) is 0 Å². The molecule has 0 radical (unpaired) electrons. The lowest BCUT2D eigenvalue weighted by atomic mass is 10.2. The smallest absolute Gasteiger partial charge is 0.319 e. The van der Waals surface area contributed by atoms with Crippen molar-refractivity contribution in [1.82, 2.24) is 10.6 Å². The minimum absolute atomic E-state index is 0.0694. The van der Waals surface area contributed by atoms with Gasteiger partial charge in [-0.05, 0) is 42.8 Å². The number of benzene rings is 3. The van der Waals surface area contributed by atoms with Crippen molar-refractivity contribution < 1.29 is 9.59 Å². The molecule has 0 spiro atoms. The van der Waals surface area contributed by atoms with Crippen molar-refractivity contribution in [3.63, 3.8) is 0 Å². The van der Waals surface area contributed by atoms with Crippen LogP contribution in [-0.4, -0.2) is 31.6 Å². The number of fused-ring (bicyclic) bond motifs is 2. The lowest BCUT2D eigenvalue weighted by molar-refractivity contribution is -0.120. The number of carbonyl (C=O) groups is 2. The third-order valence-corrected chi connectivity index (χ3v) is 6.21. The van der Waals surface area contributed by atoms with Crippen molar-refractivity contribution in [1.29, 1.82) is 0 Å². The van der Waals surface area contributed by atoms with E-state index in [0.717, 1.165) is 13.0 Å². The summed E-state index contributed by atoms with van der Waals surface area (Å²) in [6.07, 6.45) is 1.06. The second kappa shape index (κ2) is 10.7. The van der Waals surface area contributed by atoms with E-state index in [1.54, 1.807) is 11.8 Å². The van der Waals surface area contributed by atoms with Gasteiger partial charge < -0.3 is 20.9 Å². The molecule has 1 aliphatic heterocycles. The van der Waals surface area contributed by atoms with Gasteiger partial charge in [0.05, 0.1) is 11.4 Å². The van der Waals surface area contributed by atoms with Gasteiger partial charge >= 0.3 is 6.03 Å². The Morgan fingerprint density at radius 2 is 1.38 bits per heavy atom. The molecule has 6 nitrogen and oxygen atoms in total. The third kappa shape index (κ3) is 5.62. The summed E-state index contributed by atoms with van der Waals surface area (Å²) in [6, 6.07) is 25.7. The number of rotatable bonds is 8. The second-order valence-electron chi connectivity index (χ2n) is 7.39. The van der Waals surface area contributed by atoms with E-state index < -0.39 is 0 Å². The molecular formula is C25H26N4O2S. The van der Waals surface area contributed by atoms with Crippen molar-refractivity contribution in [3.05, 3.63) is 78.9 Å². The molecule has 32 heavy (non-hydrogen) atoms. The fourth-order valence-electron chi connectivity index (χ4n) is 3.56. The minimum atomic E-state index is -0.315. The van der Waals surface area contributed by atoms with E-state index in [-0.39, 0.29) is 24.9 Å². The van der Waals surface area contributed by atoms with Gasteiger partial charge in [-0.15, -0.1) is 0 Å². The molecule has 7 heteroatoms. The number of hydrogen-bond donors (Lipinski definition) is 3. The zero-order chi connectivity index (χ0) is 22.2. The fraction of sp³-hybridized carbons (Fsp3) is 0.200. The molecule has 0 atom stereocenters. The molecule has 0 unspecified atom stereocenters. The largest absolute Gasteiger partial charge is 0.356 e. The predicted octanol–water partition coefficient (Wildman–Crippen LogP) is 5.01. The Labute approximate surface area is 192 Å².